The second-order valence-electron chi connectivity index (χ2n) is 4.46. The molecule has 0 aliphatic carbocycles. The lowest BCUT2D eigenvalue weighted by Gasteiger charge is -2.35. The van der Waals surface area contributed by atoms with Crippen LogP contribution in [0.25, 0.3) is 0 Å². The Kier molecular flexibility index (Phi) is 5.36. The Labute approximate surface area is 130 Å². The summed E-state index contributed by atoms with van der Waals surface area (Å²) >= 11 is 1.35. The van der Waals surface area contributed by atoms with E-state index in [9.17, 15) is 14.4 Å². The number of methoxy groups -OCH3 is 1. The average molecular weight is 328 g/mol. The number of carbonyl (C=O) groups excluding carboxylic acids is 3. The predicted octanol–water partition coefficient (Wildman–Crippen LogP) is -0.599. The maximum absolute atomic E-state index is 11.7. The van der Waals surface area contributed by atoms with E-state index in [0.29, 0.717) is 5.75 Å². The van der Waals surface area contributed by atoms with Gasteiger partial charge in [0.25, 0.3) is 0 Å². The molecule has 1 N–H and O–H groups in total. The Hall–Kier alpha value is -2.10. The maximum atomic E-state index is 11.7. The molecule has 0 saturated carbocycles. The highest BCUT2D eigenvalue weighted by Crippen LogP contribution is 2.24. The minimum Gasteiger partial charge on any atom is -0.468 e. The van der Waals surface area contributed by atoms with Gasteiger partial charge in [-0.2, -0.15) is 0 Å². The zero-order valence-electron chi connectivity index (χ0n) is 12.1. The maximum Gasteiger partial charge on any atom is 0.360 e. The monoisotopic (exact) mass is 328 g/mol. The average Bonchev–Trinajstić information content (AvgIpc) is 2.95. The molecule has 0 aromatic carbocycles. The third-order valence-corrected chi connectivity index (χ3v) is 4.04. The Balaban J connectivity index is 1.93. The molecule has 1 saturated heterocycles. The number of esters is 2. The molecule has 0 spiro atoms. The number of rotatable bonds is 7. The van der Waals surface area contributed by atoms with Crippen LogP contribution in [0.5, 0.6) is 0 Å². The summed E-state index contributed by atoms with van der Waals surface area (Å²) in [6.07, 6.45) is 1.39. The van der Waals surface area contributed by atoms with Crippen LogP contribution in [0, 0.1) is 0 Å². The summed E-state index contributed by atoms with van der Waals surface area (Å²) in [5.41, 5.74) is 0.0579. The van der Waals surface area contributed by atoms with Crippen molar-refractivity contribution in [2.24, 2.45) is 0 Å². The fourth-order valence-corrected chi connectivity index (χ4v) is 2.83. The molecule has 10 heteroatoms. The van der Waals surface area contributed by atoms with Crippen molar-refractivity contribution in [3.63, 3.8) is 0 Å². The second-order valence-corrected chi connectivity index (χ2v) is 5.49. The lowest BCUT2D eigenvalue weighted by molar-refractivity contribution is -0.137. The van der Waals surface area contributed by atoms with Crippen molar-refractivity contribution in [3.8, 4) is 0 Å². The standard InChI is InChI=1S/C12H16N4O5S/c1-3-21-12(19)7-4-16(15-14-7)10-8(13-11(10)18)5-22-6-9(17)20-2/h4,8,10H,3,5-6H2,1-2H3,(H,13,18)/t8-,10-/m0/s1. The van der Waals surface area contributed by atoms with Crippen molar-refractivity contribution in [2.75, 3.05) is 25.2 Å². The van der Waals surface area contributed by atoms with Gasteiger partial charge in [0, 0.05) is 5.75 Å². The Morgan fingerprint density at radius 1 is 1.50 bits per heavy atom. The van der Waals surface area contributed by atoms with Gasteiger partial charge in [0.1, 0.15) is 0 Å². The van der Waals surface area contributed by atoms with Gasteiger partial charge in [-0.15, -0.1) is 16.9 Å². The first-order chi connectivity index (χ1) is 10.6. The minimum atomic E-state index is -0.579. The molecule has 0 bridgehead atoms. The molecule has 1 aliphatic heterocycles. The number of amides is 1. The molecular weight excluding hydrogens is 312 g/mol. The van der Waals surface area contributed by atoms with Crippen LogP contribution in [-0.2, 0) is 19.1 Å². The van der Waals surface area contributed by atoms with Crippen molar-refractivity contribution < 1.29 is 23.9 Å². The molecule has 0 radical (unpaired) electrons. The van der Waals surface area contributed by atoms with E-state index in [1.165, 1.54) is 29.8 Å². The number of hydrogen-bond donors (Lipinski definition) is 1. The van der Waals surface area contributed by atoms with E-state index in [1.54, 1.807) is 6.92 Å². The SMILES string of the molecule is CCOC(=O)c1cn([C@@H]2C(=O)N[C@H]2CSCC(=O)OC)nn1. The summed E-state index contributed by atoms with van der Waals surface area (Å²) in [6.45, 7) is 1.93. The predicted molar refractivity (Wildman–Crippen MR) is 76.3 cm³/mol. The number of aromatic nitrogens is 3. The first-order valence-electron chi connectivity index (χ1n) is 6.60. The summed E-state index contributed by atoms with van der Waals surface area (Å²) in [4.78, 5) is 34.3. The highest BCUT2D eigenvalue weighted by molar-refractivity contribution is 7.99. The van der Waals surface area contributed by atoms with E-state index < -0.39 is 12.0 Å². The highest BCUT2D eigenvalue weighted by Gasteiger charge is 2.41. The summed E-state index contributed by atoms with van der Waals surface area (Å²) in [5, 5.41) is 10.2. The molecule has 2 atom stereocenters. The van der Waals surface area contributed by atoms with Gasteiger partial charge in [-0.05, 0) is 6.92 Å². The third-order valence-electron chi connectivity index (χ3n) is 3.00. The van der Waals surface area contributed by atoms with Gasteiger partial charge in [0.2, 0.25) is 5.91 Å². The van der Waals surface area contributed by atoms with Crippen molar-refractivity contribution in [2.45, 2.75) is 19.0 Å². The molecule has 0 unspecified atom stereocenters. The summed E-state index contributed by atoms with van der Waals surface area (Å²) in [7, 11) is 1.32. The van der Waals surface area contributed by atoms with E-state index in [4.69, 9.17) is 4.74 Å². The van der Waals surface area contributed by atoms with Crippen LogP contribution < -0.4 is 5.32 Å². The van der Waals surface area contributed by atoms with Crippen molar-refractivity contribution in [3.05, 3.63) is 11.9 Å². The summed E-state index contributed by atoms with van der Waals surface area (Å²) in [5.74, 6) is -0.368. The molecule has 9 nitrogen and oxygen atoms in total. The van der Waals surface area contributed by atoms with Crippen LogP contribution in [0.1, 0.15) is 23.5 Å². The van der Waals surface area contributed by atoms with Gasteiger partial charge in [0.15, 0.2) is 11.7 Å². The van der Waals surface area contributed by atoms with Gasteiger partial charge in [-0.25, -0.2) is 9.48 Å². The lowest BCUT2D eigenvalue weighted by Crippen LogP contribution is -2.60. The minimum absolute atomic E-state index is 0.0579. The highest BCUT2D eigenvalue weighted by atomic mass is 32.2. The van der Waals surface area contributed by atoms with Gasteiger partial charge in [-0.1, -0.05) is 5.21 Å². The smallest absolute Gasteiger partial charge is 0.360 e. The topological polar surface area (TPSA) is 112 Å². The van der Waals surface area contributed by atoms with Crippen LogP contribution in [-0.4, -0.2) is 64.1 Å². The van der Waals surface area contributed by atoms with Crippen molar-refractivity contribution in [1.82, 2.24) is 20.3 Å². The first-order valence-corrected chi connectivity index (χ1v) is 7.76. The molecule has 1 aromatic heterocycles. The normalized spacial score (nSPS) is 20.0. The van der Waals surface area contributed by atoms with Crippen molar-refractivity contribution in [1.29, 1.82) is 0 Å². The molecule has 1 fully saturated rings. The summed E-state index contributed by atoms with van der Waals surface area (Å²) in [6, 6.07) is -0.722. The van der Waals surface area contributed by atoms with Crippen LogP contribution in [0.3, 0.4) is 0 Å². The Bertz CT molecular complexity index is 576. The van der Waals surface area contributed by atoms with Gasteiger partial charge < -0.3 is 14.8 Å². The first kappa shape index (κ1) is 16.3. The third kappa shape index (κ3) is 3.56. The van der Waals surface area contributed by atoms with Gasteiger partial charge in [0.05, 0.1) is 31.7 Å². The molecule has 1 aromatic rings. The Morgan fingerprint density at radius 3 is 2.91 bits per heavy atom. The number of carbonyl (C=O) groups is 3. The van der Waals surface area contributed by atoms with Crippen molar-refractivity contribution >= 4 is 29.6 Å². The van der Waals surface area contributed by atoms with Crippen LogP contribution in [0.15, 0.2) is 6.20 Å². The fourth-order valence-electron chi connectivity index (χ4n) is 1.91. The number of nitrogens with zero attached hydrogens (tertiary/aromatic N) is 3. The summed E-state index contributed by atoms with van der Waals surface area (Å²) < 4.78 is 10.7. The Morgan fingerprint density at radius 2 is 2.27 bits per heavy atom. The van der Waals surface area contributed by atoms with Crippen LogP contribution in [0.2, 0.25) is 0 Å². The van der Waals surface area contributed by atoms with Gasteiger partial charge >= 0.3 is 11.9 Å². The van der Waals surface area contributed by atoms with E-state index >= 15 is 0 Å². The number of thioether (sulfide) groups is 1. The number of nitrogens with one attached hydrogen (secondary N) is 1. The largest absolute Gasteiger partial charge is 0.468 e. The number of hydrogen-bond acceptors (Lipinski definition) is 8. The molecule has 2 heterocycles. The zero-order chi connectivity index (χ0) is 16.1. The second kappa shape index (κ2) is 7.25. The lowest BCUT2D eigenvalue weighted by atomic mass is 10.0. The quantitative estimate of drug-likeness (QED) is 0.521. The molecule has 120 valence electrons. The van der Waals surface area contributed by atoms with E-state index in [-0.39, 0.29) is 36.0 Å². The van der Waals surface area contributed by atoms with E-state index in [1.807, 2.05) is 0 Å². The van der Waals surface area contributed by atoms with E-state index in [2.05, 4.69) is 20.4 Å². The van der Waals surface area contributed by atoms with Crippen LogP contribution in [0.4, 0.5) is 0 Å². The zero-order valence-corrected chi connectivity index (χ0v) is 13.0. The number of ether oxygens (including phenoxy) is 2. The fraction of sp³-hybridized carbons (Fsp3) is 0.583. The molecular formula is C12H16N4O5S. The molecule has 2 rings (SSSR count). The molecule has 1 amide bonds. The molecule has 22 heavy (non-hydrogen) atoms. The molecule has 1 aliphatic rings. The number of β-lactam (4-membered cyclic amide) rings is 1. The van der Waals surface area contributed by atoms with Crippen LogP contribution >= 0.6 is 11.8 Å². The van der Waals surface area contributed by atoms with Gasteiger partial charge in [-0.3, -0.25) is 9.59 Å². The van der Waals surface area contributed by atoms with E-state index in [0.717, 1.165) is 0 Å².